The molecule has 3 N–H and O–H groups in total. The second kappa shape index (κ2) is 7.84. The van der Waals surface area contributed by atoms with Crippen LogP contribution in [0.4, 0.5) is 0 Å². The lowest BCUT2D eigenvalue weighted by Gasteiger charge is -2.14. The molecule has 0 heterocycles. The first-order valence-electron chi connectivity index (χ1n) is 6.33. The van der Waals surface area contributed by atoms with Crippen LogP contribution in [0.2, 0.25) is 0 Å². The molecule has 1 amide bonds. The summed E-state index contributed by atoms with van der Waals surface area (Å²) in [7, 11) is 1.89. The Morgan fingerprint density at radius 3 is 2.78 bits per heavy atom. The number of aliphatic hydroxyl groups is 1. The van der Waals surface area contributed by atoms with Gasteiger partial charge in [-0.25, -0.2) is 0 Å². The smallest absolute Gasteiger partial charge is 0.251 e. The Labute approximate surface area is 108 Å². The summed E-state index contributed by atoms with van der Waals surface area (Å²) in [5, 5.41) is 14.8. The van der Waals surface area contributed by atoms with Gasteiger partial charge in [-0.3, -0.25) is 4.79 Å². The Hall–Kier alpha value is -1.39. The number of benzene rings is 1. The van der Waals surface area contributed by atoms with Crippen molar-refractivity contribution in [1.82, 2.24) is 10.6 Å². The van der Waals surface area contributed by atoms with E-state index in [1.165, 1.54) is 0 Å². The molecule has 4 nitrogen and oxygen atoms in total. The zero-order valence-corrected chi connectivity index (χ0v) is 11.1. The van der Waals surface area contributed by atoms with Gasteiger partial charge in [-0.05, 0) is 45.0 Å². The minimum Gasteiger partial charge on any atom is -0.396 e. The molecule has 1 aromatic carbocycles. The first kappa shape index (κ1) is 14.7. The lowest BCUT2D eigenvalue weighted by Crippen LogP contribution is -2.33. The van der Waals surface area contributed by atoms with Crippen LogP contribution in [0, 0.1) is 0 Å². The quantitative estimate of drug-likeness (QED) is 0.675. The molecule has 0 spiro atoms. The maximum Gasteiger partial charge on any atom is 0.251 e. The summed E-state index contributed by atoms with van der Waals surface area (Å²) < 4.78 is 0. The van der Waals surface area contributed by atoms with Crippen molar-refractivity contribution >= 4 is 5.91 Å². The van der Waals surface area contributed by atoms with Crippen LogP contribution >= 0.6 is 0 Å². The monoisotopic (exact) mass is 250 g/mol. The fourth-order valence-corrected chi connectivity index (χ4v) is 1.79. The van der Waals surface area contributed by atoms with Crippen molar-refractivity contribution in [3.63, 3.8) is 0 Å². The van der Waals surface area contributed by atoms with E-state index in [1.54, 1.807) is 0 Å². The molecule has 0 aliphatic carbocycles. The lowest BCUT2D eigenvalue weighted by molar-refractivity contribution is 0.0933. The zero-order valence-electron chi connectivity index (χ0n) is 11.1. The summed E-state index contributed by atoms with van der Waals surface area (Å²) in [4.78, 5) is 12.1. The van der Waals surface area contributed by atoms with E-state index in [2.05, 4.69) is 10.6 Å². The van der Waals surface area contributed by atoms with Crippen molar-refractivity contribution in [2.24, 2.45) is 0 Å². The first-order valence-corrected chi connectivity index (χ1v) is 6.33. The van der Waals surface area contributed by atoms with Crippen molar-refractivity contribution in [1.29, 1.82) is 0 Å². The Balaban J connectivity index is 2.71. The molecular weight excluding hydrogens is 228 g/mol. The van der Waals surface area contributed by atoms with Crippen molar-refractivity contribution in [2.45, 2.75) is 25.8 Å². The molecule has 1 atom stereocenters. The molecule has 0 saturated heterocycles. The number of carbonyl (C=O) groups excluding carboxylic acids is 1. The highest BCUT2D eigenvalue weighted by molar-refractivity contribution is 5.95. The topological polar surface area (TPSA) is 61.4 Å². The highest BCUT2D eigenvalue weighted by Gasteiger charge is 2.12. The number of nitrogens with one attached hydrogen (secondary N) is 2. The average molecular weight is 250 g/mol. The van der Waals surface area contributed by atoms with Crippen LogP contribution in [-0.2, 0) is 6.42 Å². The Morgan fingerprint density at radius 1 is 1.39 bits per heavy atom. The van der Waals surface area contributed by atoms with Gasteiger partial charge in [0.25, 0.3) is 5.91 Å². The highest BCUT2D eigenvalue weighted by atomic mass is 16.3. The molecule has 0 fully saturated rings. The van der Waals surface area contributed by atoms with E-state index in [-0.39, 0.29) is 18.6 Å². The standard InChI is InChI=1S/C14H22N2O2/c1-11(8-10-17)16-14(18)13-6-4-3-5-12(13)7-9-15-2/h3-6,11,15,17H,7-10H2,1-2H3,(H,16,18). The summed E-state index contributed by atoms with van der Waals surface area (Å²) in [5.74, 6) is -0.0670. The van der Waals surface area contributed by atoms with Gasteiger partial charge < -0.3 is 15.7 Å². The molecule has 18 heavy (non-hydrogen) atoms. The number of amides is 1. The maximum absolute atomic E-state index is 12.1. The van der Waals surface area contributed by atoms with E-state index >= 15 is 0 Å². The minimum absolute atomic E-state index is 0.0140. The third-order valence-corrected chi connectivity index (χ3v) is 2.85. The van der Waals surface area contributed by atoms with E-state index in [0.29, 0.717) is 6.42 Å². The van der Waals surface area contributed by atoms with E-state index in [4.69, 9.17) is 5.11 Å². The number of hydrogen-bond acceptors (Lipinski definition) is 3. The molecule has 0 aliphatic heterocycles. The Bertz CT molecular complexity index is 380. The predicted molar refractivity (Wildman–Crippen MR) is 72.7 cm³/mol. The van der Waals surface area contributed by atoms with Gasteiger partial charge in [-0.15, -0.1) is 0 Å². The van der Waals surface area contributed by atoms with Crippen LogP contribution in [0.3, 0.4) is 0 Å². The fraction of sp³-hybridized carbons (Fsp3) is 0.500. The van der Waals surface area contributed by atoms with Gasteiger partial charge in [0.15, 0.2) is 0 Å². The van der Waals surface area contributed by atoms with Gasteiger partial charge in [0, 0.05) is 18.2 Å². The number of aliphatic hydroxyl groups excluding tert-OH is 1. The Kier molecular flexibility index (Phi) is 6.39. The van der Waals surface area contributed by atoms with Crippen LogP contribution in [0.15, 0.2) is 24.3 Å². The number of hydrogen-bond donors (Lipinski definition) is 3. The normalized spacial score (nSPS) is 12.2. The summed E-state index contributed by atoms with van der Waals surface area (Å²) in [5.41, 5.74) is 1.76. The van der Waals surface area contributed by atoms with Gasteiger partial charge in [-0.2, -0.15) is 0 Å². The molecule has 1 unspecified atom stereocenters. The van der Waals surface area contributed by atoms with Gasteiger partial charge >= 0.3 is 0 Å². The predicted octanol–water partition coefficient (Wildman–Crippen LogP) is 0.949. The van der Waals surface area contributed by atoms with Gasteiger partial charge in [0.05, 0.1) is 0 Å². The van der Waals surface area contributed by atoms with E-state index in [0.717, 1.165) is 24.1 Å². The number of rotatable bonds is 7. The lowest BCUT2D eigenvalue weighted by atomic mass is 10.0. The van der Waals surface area contributed by atoms with Crippen LogP contribution in [0.1, 0.15) is 29.3 Å². The molecule has 0 saturated carbocycles. The molecule has 0 radical (unpaired) electrons. The average Bonchev–Trinajstić information content (AvgIpc) is 2.36. The molecule has 1 aromatic rings. The third kappa shape index (κ3) is 4.47. The first-order chi connectivity index (χ1) is 8.69. The van der Waals surface area contributed by atoms with Crippen molar-refractivity contribution in [3.05, 3.63) is 35.4 Å². The van der Waals surface area contributed by atoms with E-state index in [9.17, 15) is 4.79 Å². The van der Waals surface area contributed by atoms with Crippen molar-refractivity contribution < 1.29 is 9.90 Å². The van der Waals surface area contributed by atoms with Gasteiger partial charge in [-0.1, -0.05) is 18.2 Å². The van der Waals surface area contributed by atoms with Gasteiger partial charge in [0.1, 0.15) is 0 Å². The number of likely N-dealkylation sites (N-methyl/N-ethyl adjacent to an activating group) is 1. The van der Waals surface area contributed by atoms with Crippen LogP contribution in [0.5, 0.6) is 0 Å². The third-order valence-electron chi connectivity index (χ3n) is 2.85. The minimum atomic E-state index is -0.0670. The Morgan fingerprint density at radius 2 is 2.11 bits per heavy atom. The van der Waals surface area contributed by atoms with Crippen molar-refractivity contribution in [3.8, 4) is 0 Å². The van der Waals surface area contributed by atoms with Crippen LogP contribution in [0.25, 0.3) is 0 Å². The molecule has 0 bridgehead atoms. The molecule has 4 heteroatoms. The van der Waals surface area contributed by atoms with Crippen LogP contribution in [-0.4, -0.2) is 37.3 Å². The van der Waals surface area contributed by atoms with Crippen molar-refractivity contribution in [2.75, 3.05) is 20.2 Å². The molecule has 1 rings (SSSR count). The highest BCUT2D eigenvalue weighted by Crippen LogP contribution is 2.09. The summed E-state index contributed by atoms with van der Waals surface area (Å²) >= 11 is 0. The van der Waals surface area contributed by atoms with E-state index in [1.807, 2.05) is 38.2 Å². The molecular formula is C14H22N2O2. The summed E-state index contributed by atoms with van der Waals surface area (Å²) in [6.45, 7) is 2.82. The largest absolute Gasteiger partial charge is 0.396 e. The van der Waals surface area contributed by atoms with E-state index < -0.39 is 0 Å². The van der Waals surface area contributed by atoms with Crippen LogP contribution < -0.4 is 10.6 Å². The molecule has 100 valence electrons. The summed E-state index contributed by atoms with van der Waals surface area (Å²) in [6, 6.07) is 7.61. The number of carbonyl (C=O) groups is 1. The summed E-state index contributed by atoms with van der Waals surface area (Å²) in [6.07, 6.45) is 1.40. The molecule has 0 aliphatic rings. The zero-order chi connectivity index (χ0) is 13.4. The maximum atomic E-state index is 12.1. The second-order valence-corrected chi connectivity index (χ2v) is 4.40. The SMILES string of the molecule is CNCCc1ccccc1C(=O)NC(C)CCO. The van der Waals surface area contributed by atoms with Gasteiger partial charge in [0.2, 0.25) is 0 Å². The molecule has 0 aromatic heterocycles. The second-order valence-electron chi connectivity index (χ2n) is 4.40. The fourth-order valence-electron chi connectivity index (χ4n) is 1.79.